The number of aromatic nitrogens is 2. The molecule has 1 fully saturated rings. The van der Waals surface area contributed by atoms with Crippen LogP contribution in [0.1, 0.15) is 6.92 Å². The van der Waals surface area contributed by atoms with E-state index in [2.05, 4.69) is 16.9 Å². The third-order valence-electron chi connectivity index (χ3n) is 4.03. The highest BCUT2D eigenvalue weighted by molar-refractivity contribution is 8.00. The number of fused-ring (bicyclic) bond motifs is 1. The summed E-state index contributed by atoms with van der Waals surface area (Å²) in [6, 6.07) is -0.574. The number of hydrogen-bond acceptors (Lipinski definition) is 7. The molecule has 0 saturated carbocycles. The molecule has 138 valence electrons. The third kappa shape index (κ3) is 3.19. The maximum absolute atomic E-state index is 12.6. The van der Waals surface area contributed by atoms with Crippen LogP contribution < -0.4 is 5.32 Å². The number of thioether (sulfide) groups is 1. The first kappa shape index (κ1) is 18.1. The largest absolute Gasteiger partial charge is 0.477 e. The highest BCUT2D eigenvalue weighted by atomic mass is 32.2. The summed E-state index contributed by atoms with van der Waals surface area (Å²) in [7, 11) is 0. The number of anilines is 1. The summed E-state index contributed by atoms with van der Waals surface area (Å²) in [5.41, 5.74) is 0.307. The van der Waals surface area contributed by atoms with Crippen LogP contribution in [0.4, 0.5) is 5.95 Å². The van der Waals surface area contributed by atoms with Gasteiger partial charge in [-0.25, -0.2) is 9.78 Å². The second-order valence-corrected chi connectivity index (χ2v) is 6.87. The molecule has 1 amide bonds. The summed E-state index contributed by atoms with van der Waals surface area (Å²) in [5, 5.41) is 12.2. The summed E-state index contributed by atoms with van der Waals surface area (Å²) in [5.74, 6) is -1.18. The van der Waals surface area contributed by atoms with Crippen LogP contribution in [0.5, 0.6) is 0 Å². The van der Waals surface area contributed by atoms with Gasteiger partial charge in [0.15, 0.2) is 0 Å². The lowest BCUT2D eigenvalue weighted by atomic mass is 10.0. The van der Waals surface area contributed by atoms with E-state index in [1.54, 1.807) is 23.0 Å². The fourth-order valence-corrected chi connectivity index (χ4v) is 4.19. The van der Waals surface area contributed by atoms with Gasteiger partial charge in [0.2, 0.25) is 5.95 Å². The lowest BCUT2D eigenvalue weighted by Gasteiger charge is -2.49. The Kier molecular flexibility index (Phi) is 5.03. The van der Waals surface area contributed by atoms with Crippen molar-refractivity contribution in [2.75, 3.05) is 17.7 Å². The molecule has 1 unspecified atom stereocenters. The lowest BCUT2D eigenvalue weighted by Crippen LogP contribution is -2.68. The summed E-state index contributed by atoms with van der Waals surface area (Å²) in [6.07, 6.45) is 5.09. The van der Waals surface area contributed by atoms with E-state index in [9.17, 15) is 19.5 Å². The Bertz CT molecular complexity index is 802. The summed E-state index contributed by atoms with van der Waals surface area (Å²) < 4.78 is 6.71. The molecule has 2 atom stereocenters. The number of rotatable bonds is 7. The standard InChI is InChI=1S/C16H18N4O5S/c1-3-5-19-6-4-17-16(19)18-11-13(22)20-12(15(23)24)10(7-25-9(2)21)8-26-14(11)20/h3-4,6,11,14H,1,5,7-8H2,2H3,(H,17,18)(H,23,24)/t11?,14-/m1/s1. The van der Waals surface area contributed by atoms with Gasteiger partial charge in [-0.1, -0.05) is 6.08 Å². The van der Waals surface area contributed by atoms with Crippen LogP contribution in [0.2, 0.25) is 0 Å². The van der Waals surface area contributed by atoms with Crippen molar-refractivity contribution in [3.63, 3.8) is 0 Å². The van der Waals surface area contributed by atoms with Gasteiger partial charge in [0, 0.05) is 37.2 Å². The van der Waals surface area contributed by atoms with E-state index in [1.165, 1.54) is 23.6 Å². The molecule has 9 nitrogen and oxygen atoms in total. The number of ether oxygens (including phenoxy) is 1. The molecule has 0 aliphatic carbocycles. The van der Waals surface area contributed by atoms with Gasteiger partial charge in [-0.3, -0.25) is 14.5 Å². The van der Waals surface area contributed by atoms with Crippen molar-refractivity contribution in [1.29, 1.82) is 0 Å². The van der Waals surface area contributed by atoms with E-state index >= 15 is 0 Å². The number of allylic oxidation sites excluding steroid dienone is 1. The van der Waals surface area contributed by atoms with Crippen molar-refractivity contribution in [3.05, 3.63) is 36.3 Å². The molecular weight excluding hydrogens is 360 g/mol. The number of hydrogen-bond donors (Lipinski definition) is 2. The van der Waals surface area contributed by atoms with E-state index in [4.69, 9.17) is 4.74 Å². The number of nitrogens with zero attached hydrogens (tertiary/aromatic N) is 3. The van der Waals surface area contributed by atoms with Gasteiger partial charge in [0.05, 0.1) is 0 Å². The average Bonchev–Trinajstić information content (AvgIpc) is 3.04. The Morgan fingerprint density at radius 2 is 2.35 bits per heavy atom. The molecule has 2 aliphatic heterocycles. The minimum absolute atomic E-state index is 0.104. The van der Waals surface area contributed by atoms with E-state index in [0.29, 0.717) is 23.8 Å². The Morgan fingerprint density at radius 3 is 3.00 bits per heavy atom. The van der Waals surface area contributed by atoms with Gasteiger partial charge < -0.3 is 19.7 Å². The van der Waals surface area contributed by atoms with E-state index in [1.807, 2.05) is 0 Å². The minimum Gasteiger partial charge on any atom is -0.477 e. The Balaban J connectivity index is 1.78. The first-order chi connectivity index (χ1) is 12.4. The van der Waals surface area contributed by atoms with Gasteiger partial charge in [-0.15, -0.1) is 18.3 Å². The molecule has 2 N–H and O–H groups in total. The van der Waals surface area contributed by atoms with Crippen LogP contribution in [0.25, 0.3) is 0 Å². The van der Waals surface area contributed by atoms with E-state index < -0.39 is 18.0 Å². The molecule has 0 radical (unpaired) electrons. The highest BCUT2D eigenvalue weighted by Gasteiger charge is 2.54. The Hall–Kier alpha value is -2.75. The molecule has 1 aromatic heterocycles. The van der Waals surface area contributed by atoms with Crippen molar-refractivity contribution in [2.24, 2.45) is 0 Å². The average molecular weight is 378 g/mol. The number of amides is 1. The SMILES string of the molecule is C=CCn1ccnc1NC1C(=O)N2C(C(=O)O)=C(COC(C)=O)CS[C@H]12. The smallest absolute Gasteiger partial charge is 0.352 e. The number of nitrogens with one attached hydrogen (secondary N) is 1. The normalized spacial score (nSPS) is 21.7. The van der Waals surface area contributed by atoms with Gasteiger partial charge in [-0.05, 0) is 0 Å². The van der Waals surface area contributed by atoms with Gasteiger partial charge in [-0.2, -0.15) is 0 Å². The number of imidazole rings is 1. The Labute approximate surface area is 153 Å². The number of β-lactam (4-membered cyclic amide) rings is 1. The molecule has 0 spiro atoms. The summed E-state index contributed by atoms with van der Waals surface area (Å²) in [4.78, 5) is 40.7. The molecule has 3 heterocycles. The van der Waals surface area contributed by atoms with Gasteiger partial charge >= 0.3 is 11.9 Å². The first-order valence-electron chi connectivity index (χ1n) is 7.86. The van der Waals surface area contributed by atoms with Crippen LogP contribution in [-0.2, 0) is 25.7 Å². The first-order valence-corrected chi connectivity index (χ1v) is 8.90. The fraction of sp³-hybridized carbons (Fsp3) is 0.375. The van der Waals surface area contributed by atoms with E-state index in [-0.39, 0.29) is 23.6 Å². The summed E-state index contributed by atoms with van der Waals surface area (Å²) >= 11 is 1.42. The second kappa shape index (κ2) is 7.24. The van der Waals surface area contributed by atoms with Crippen LogP contribution >= 0.6 is 11.8 Å². The number of esters is 1. The van der Waals surface area contributed by atoms with Gasteiger partial charge in [0.25, 0.3) is 5.91 Å². The molecule has 2 aliphatic rings. The maximum Gasteiger partial charge on any atom is 0.352 e. The van der Waals surface area contributed by atoms with Crippen molar-refractivity contribution in [2.45, 2.75) is 24.9 Å². The molecular formula is C16H18N4O5S. The highest BCUT2D eigenvalue weighted by Crippen LogP contribution is 2.41. The second-order valence-electron chi connectivity index (χ2n) is 5.76. The maximum atomic E-state index is 12.6. The quantitative estimate of drug-likeness (QED) is 0.404. The predicted molar refractivity (Wildman–Crippen MR) is 94.2 cm³/mol. The van der Waals surface area contributed by atoms with Crippen molar-refractivity contribution < 1.29 is 24.2 Å². The molecule has 0 aromatic carbocycles. The lowest BCUT2D eigenvalue weighted by molar-refractivity contribution is -0.147. The molecule has 1 aromatic rings. The zero-order valence-corrected chi connectivity index (χ0v) is 14.9. The number of carboxylic acids is 1. The van der Waals surface area contributed by atoms with Crippen molar-refractivity contribution in [3.8, 4) is 0 Å². The zero-order valence-electron chi connectivity index (χ0n) is 14.0. The predicted octanol–water partition coefficient (Wildman–Crippen LogP) is 0.666. The third-order valence-corrected chi connectivity index (χ3v) is 5.36. The Morgan fingerprint density at radius 1 is 1.58 bits per heavy atom. The van der Waals surface area contributed by atoms with Crippen molar-refractivity contribution >= 4 is 35.6 Å². The van der Waals surface area contributed by atoms with Crippen LogP contribution in [0, 0.1) is 0 Å². The molecule has 10 heteroatoms. The van der Waals surface area contributed by atoms with Crippen LogP contribution in [-0.4, -0.2) is 61.2 Å². The number of carboxylic acid groups (broad SMARTS) is 1. The molecule has 1 saturated heterocycles. The minimum atomic E-state index is -1.21. The fourth-order valence-electron chi connectivity index (χ4n) is 2.86. The summed E-state index contributed by atoms with van der Waals surface area (Å²) in [6.45, 7) is 5.33. The van der Waals surface area contributed by atoms with Gasteiger partial charge in [0.1, 0.15) is 23.7 Å². The zero-order chi connectivity index (χ0) is 18.8. The van der Waals surface area contributed by atoms with E-state index in [0.717, 1.165) is 0 Å². The number of carbonyl (C=O) groups is 3. The molecule has 3 rings (SSSR count). The molecule has 0 bridgehead atoms. The topological polar surface area (TPSA) is 114 Å². The molecule has 26 heavy (non-hydrogen) atoms. The monoisotopic (exact) mass is 378 g/mol. The number of aliphatic carboxylic acids is 1. The van der Waals surface area contributed by atoms with Crippen LogP contribution in [0.15, 0.2) is 36.3 Å². The van der Waals surface area contributed by atoms with Crippen LogP contribution in [0.3, 0.4) is 0 Å². The number of carbonyl (C=O) groups excluding carboxylic acids is 2. The van der Waals surface area contributed by atoms with Crippen molar-refractivity contribution in [1.82, 2.24) is 14.5 Å².